The lowest BCUT2D eigenvalue weighted by Crippen LogP contribution is -2.00. The number of carbonyl (C=O) groups is 2. The van der Waals surface area contributed by atoms with Gasteiger partial charge >= 0.3 is 11.9 Å². The van der Waals surface area contributed by atoms with Crippen molar-refractivity contribution in [2.24, 2.45) is 0 Å². The van der Waals surface area contributed by atoms with E-state index < -0.39 is 11.9 Å². The molecule has 0 aliphatic heterocycles. The van der Waals surface area contributed by atoms with E-state index in [1.54, 1.807) is 18.5 Å². The van der Waals surface area contributed by atoms with Crippen LogP contribution in [0.15, 0.2) is 18.5 Å². The molecular formula is C9H15N2O4P. The number of hydrogen-bond donors (Lipinski definition) is 2. The highest BCUT2D eigenvalue weighted by Gasteiger charge is 2.00. The maximum Gasteiger partial charge on any atom is 0.303 e. The van der Waals surface area contributed by atoms with Crippen molar-refractivity contribution in [3.8, 4) is 0 Å². The average molecular weight is 246 g/mol. The quantitative estimate of drug-likeness (QED) is 0.764. The molecule has 2 N–H and O–H groups in total. The molecule has 0 aliphatic carbocycles. The summed E-state index contributed by atoms with van der Waals surface area (Å²) in [6.45, 7) is 1.86. The van der Waals surface area contributed by atoms with Crippen molar-refractivity contribution in [1.82, 2.24) is 9.97 Å². The predicted molar refractivity (Wildman–Crippen MR) is 62.4 cm³/mol. The molecule has 1 atom stereocenters. The smallest absolute Gasteiger partial charge is 0.303 e. The van der Waals surface area contributed by atoms with Crippen molar-refractivity contribution in [1.29, 1.82) is 0 Å². The lowest BCUT2D eigenvalue weighted by atomic mass is 10.3. The number of aromatic nitrogens is 2. The van der Waals surface area contributed by atoms with Crippen LogP contribution in [-0.4, -0.2) is 32.1 Å². The predicted octanol–water partition coefficient (Wildman–Crippen LogP) is 0.779. The van der Waals surface area contributed by atoms with Gasteiger partial charge in [-0.3, -0.25) is 9.59 Å². The zero-order valence-corrected chi connectivity index (χ0v) is 10.4. The van der Waals surface area contributed by atoms with E-state index >= 15 is 0 Å². The first-order chi connectivity index (χ1) is 7.02. The van der Waals surface area contributed by atoms with E-state index in [9.17, 15) is 9.59 Å². The molecule has 0 saturated heterocycles. The van der Waals surface area contributed by atoms with Gasteiger partial charge in [-0.05, 0) is 13.0 Å². The molecular weight excluding hydrogens is 231 g/mol. The van der Waals surface area contributed by atoms with Crippen LogP contribution in [0.4, 0.5) is 0 Å². The zero-order valence-electron chi connectivity index (χ0n) is 8.96. The minimum absolute atomic E-state index is 0. The summed E-state index contributed by atoms with van der Waals surface area (Å²) in [6, 6.07) is 1.80. The second-order valence-corrected chi connectivity index (χ2v) is 2.58. The van der Waals surface area contributed by atoms with Gasteiger partial charge in [-0.1, -0.05) is 0 Å². The fourth-order valence-electron chi connectivity index (χ4n) is 0.587. The van der Waals surface area contributed by atoms with Crippen molar-refractivity contribution in [3.05, 3.63) is 24.3 Å². The van der Waals surface area contributed by atoms with Gasteiger partial charge in [-0.15, -0.1) is 0 Å². The normalized spacial score (nSPS) is 8.06. The summed E-state index contributed by atoms with van der Waals surface area (Å²) in [5.41, 5.74) is 0. The van der Waals surface area contributed by atoms with E-state index in [0.717, 1.165) is 5.82 Å². The molecule has 16 heavy (non-hydrogen) atoms. The van der Waals surface area contributed by atoms with E-state index in [2.05, 4.69) is 9.97 Å². The Labute approximate surface area is 96.4 Å². The van der Waals surface area contributed by atoms with Gasteiger partial charge in [0.25, 0.3) is 0 Å². The van der Waals surface area contributed by atoms with Crippen LogP contribution in [-0.2, 0) is 9.59 Å². The summed E-state index contributed by atoms with van der Waals surface area (Å²) in [5, 5.41) is 15.8. The molecule has 0 saturated carbocycles. The molecule has 0 spiro atoms. The van der Waals surface area contributed by atoms with Crippen LogP contribution in [0.3, 0.4) is 0 Å². The summed E-state index contributed by atoms with van der Waals surface area (Å²) in [7, 11) is 0. The van der Waals surface area contributed by atoms with Crippen LogP contribution in [0.1, 0.15) is 18.7 Å². The molecule has 6 nitrogen and oxygen atoms in total. The SMILES string of the molecule is Cc1ncccn1.O=C(O)CCC(=O)O.P. The molecule has 1 unspecified atom stereocenters. The van der Waals surface area contributed by atoms with Crippen LogP contribution in [0.2, 0.25) is 0 Å². The summed E-state index contributed by atoms with van der Waals surface area (Å²) in [5.74, 6) is -1.33. The van der Waals surface area contributed by atoms with Crippen LogP contribution in [0.25, 0.3) is 0 Å². The van der Waals surface area contributed by atoms with Crippen molar-refractivity contribution < 1.29 is 19.8 Å². The van der Waals surface area contributed by atoms with E-state index in [1.165, 1.54) is 0 Å². The standard InChI is InChI=1S/C5H6N2.C4H6O4.H3P/c1-5-6-3-2-4-7-5;5-3(6)1-2-4(7)8;/h2-4H,1H3;1-2H2,(H,5,6)(H,7,8);1H3. The Morgan fingerprint density at radius 1 is 1.12 bits per heavy atom. The third kappa shape index (κ3) is 12.4. The van der Waals surface area contributed by atoms with Crippen LogP contribution in [0.5, 0.6) is 0 Å². The van der Waals surface area contributed by atoms with Crippen molar-refractivity contribution in [2.45, 2.75) is 19.8 Å². The summed E-state index contributed by atoms with van der Waals surface area (Å²) < 4.78 is 0. The molecule has 0 aromatic carbocycles. The first-order valence-corrected chi connectivity index (χ1v) is 4.19. The van der Waals surface area contributed by atoms with Gasteiger partial charge < -0.3 is 10.2 Å². The molecule has 0 fully saturated rings. The van der Waals surface area contributed by atoms with Gasteiger partial charge in [-0.2, -0.15) is 9.90 Å². The maximum atomic E-state index is 9.64. The number of carboxylic acids is 2. The molecule has 1 heterocycles. The minimum atomic E-state index is -1.08. The minimum Gasteiger partial charge on any atom is -0.481 e. The second-order valence-electron chi connectivity index (χ2n) is 2.58. The largest absolute Gasteiger partial charge is 0.481 e. The number of rotatable bonds is 3. The van der Waals surface area contributed by atoms with Gasteiger partial charge in [0.1, 0.15) is 5.82 Å². The molecule has 0 aliphatic rings. The molecule has 0 radical (unpaired) electrons. The van der Waals surface area contributed by atoms with Gasteiger partial charge in [0.15, 0.2) is 0 Å². The van der Waals surface area contributed by atoms with E-state index in [-0.39, 0.29) is 22.7 Å². The summed E-state index contributed by atoms with van der Waals surface area (Å²) in [4.78, 5) is 27.0. The monoisotopic (exact) mass is 246 g/mol. The lowest BCUT2D eigenvalue weighted by Gasteiger charge is -1.85. The van der Waals surface area contributed by atoms with Crippen LogP contribution >= 0.6 is 9.90 Å². The van der Waals surface area contributed by atoms with E-state index in [4.69, 9.17) is 10.2 Å². The van der Waals surface area contributed by atoms with Crippen LogP contribution < -0.4 is 0 Å². The Morgan fingerprint density at radius 3 is 1.69 bits per heavy atom. The number of aryl methyl sites for hydroxylation is 1. The second kappa shape index (κ2) is 9.98. The maximum absolute atomic E-state index is 9.64. The first kappa shape index (κ1) is 16.9. The molecule has 7 heteroatoms. The molecule has 1 aromatic heterocycles. The van der Waals surface area contributed by atoms with Gasteiger partial charge in [-0.25, -0.2) is 9.97 Å². The summed E-state index contributed by atoms with van der Waals surface area (Å²) >= 11 is 0. The first-order valence-electron chi connectivity index (χ1n) is 4.19. The molecule has 90 valence electrons. The van der Waals surface area contributed by atoms with Crippen LogP contribution in [0, 0.1) is 6.92 Å². The molecule has 0 bridgehead atoms. The number of hydrogen-bond acceptors (Lipinski definition) is 4. The fourth-order valence-corrected chi connectivity index (χ4v) is 0.587. The highest BCUT2D eigenvalue weighted by molar-refractivity contribution is 6.92. The van der Waals surface area contributed by atoms with Gasteiger partial charge in [0, 0.05) is 12.4 Å². The Morgan fingerprint density at radius 2 is 1.50 bits per heavy atom. The Balaban J connectivity index is 0. The zero-order chi connectivity index (χ0) is 11.7. The molecule has 1 rings (SSSR count). The Bertz CT molecular complexity index is 305. The van der Waals surface area contributed by atoms with Gasteiger partial charge in [0.2, 0.25) is 0 Å². The fraction of sp³-hybridized carbons (Fsp3) is 0.333. The van der Waals surface area contributed by atoms with E-state index in [0.29, 0.717) is 0 Å². The van der Waals surface area contributed by atoms with Crippen molar-refractivity contribution >= 4 is 21.8 Å². The number of nitrogens with zero attached hydrogens (tertiary/aromatic N) is 2. The van der Waals surface area contributed by atoms with E-state index in [1.807, 2.05) is 6.92 Å². The van der Waals surface area contributed by atoms with Crippen molar-refractivity contribution in [2.75, 3.05) is 0 Å². The molecule has 0 amide bonds. The van der Waals surface area contributed by atoms with Gasteiger partial charge in [0.05, 0.1) is 12.8 Å². The average Bonchev–Trinajstić information content (AvgIpc) is 2.17. The highest BCUT2D eigenvalue weighted by atomic mass is 31.0. The number of aliphatic carboxylic acids is 2. The topological polar surface area (TPSA) is 100 Å². The van der Waals surface area contributed by atoms with Crippen molar-refractivity contribution in [3.63, 3.8) is 0 Å². The Kier molecular flexibility index (Phi) is 10.5. The third-order valence-corrected chi connectivity index (χ3v) is 1.25. The third-order valence-electron chi connectivity index (χ3n) is 1.25. The highest BCUT2D eigenvalue weighted by Crippen LogP contribution is 1.86. The lowest BCUT2D eigenvalue weighted by molar-refractivity contribution is -0.143. The molecule has 1 aromatic rings. The Hall–Kier alpha value is -1.55. The number of carboxylic acid groups (broad SMARTS) is 2. The summed E-state index contributed by atoms with van der Waals surface area (Å²) in [6.07, 6.45) is 2.86.